The Balaban J connectivity index is 1.42. The van der Waals surface area contributed by atoms with Gasteiger partial charge in [-0.25, -0.2) is 4.79 Å². The van der Waals surface area contributed by atoms with Gasteiger partial charge in [-0.1, -0.05) is 6.42 Å². The lowest BCUT2D eigenvalue weighted by Gasteiger charge is -2.20. The number of anilines is 1. The topological polar surface area (TPSA) is 154 Å². The zero-order valence-electron chi connectivity index (χ0n) is 16.4. The molecule has 1 aromatic heterocycles. The van der Waals surface area contributed by atoms with Crippen LogP contribution >= 0.6 is 0 Å². The van der Waals surface area contributed by atoms with Gasteiger partial charge in [-0.15, -0.1) is 0 Å². The maximum Gasteiger partial charge on any atom is 0.351 e. The Kier molecular flexibility index (Phi) is 7.32. The Morgan fingerprint density at radius 1 is 1.27 bits per heavy atom. The smallest absolute Gasteiger partial charge is 0.351 e. The molecular weight excluding hydrogens is 396 g/mol. The number of amides is 2. The molecule has 4 N–H and O–H groups in total. The van der Waals surface area contributed by atoms with E-state index >= 15 is 0 Å². The van der Waals surface area contributed by atoms with Crippen LogP contribution in [-0.4, -0.2) is 73.2 Å². The third-order valence-corrected chi connectivity index (χ3v) is 5.06. The van der Waals surface area contributed by atoms with Crippen molar-refractivity contribution in [2.24, 2.45) is 0 Å². The fourth-order valence-electron chi connectivity index (χ4n) is 3.46. The summed E-state index contributed by atoms with van der Waals surface area (Å²) in [6.07, 6.45) is 3.24. The quantitative estimate of drug-likeness (QED) is 0.373. The molecule has 30 heavy (non-hydrogen) atoms. The molecule has 11 nitrogen and oxygen atoms in total. The second-order valence-corrected chi connectivity index (χ2v) is 7.30. The van der Waals surface area contributed by atoms with E-state index in [4.69, 9.17) is 9.84 Å². The van der Waals surface area contributed by atoms with Gasteiger partial charge in [0.2, 0.25) is 11.8 Å². The van der Waals surface area contributed by atoms with E-state index in [2.05, 4.69) is 10.3 Å². The number of rotatable bonds is 9. The van der Waals surface area contributed by atoms with Crippen LogP contribution < -0.4 is 11.0 Å². The zero-order chi connectivity index (χ0) is 21.7. The van der Waals surface area contributed by atoms with E-state index in [1.165, 1.54) is 29.3 Å². The minimum absolute atomic E-state index is 0.101. The van der Waals surface area contributed by atoms with Crippen LogP contribution in [0.4, 0.5) is 5.82 Å². The summed E-state index contributed by atoms with van der Waals surface area (Å²) in [4.78, 5) is 40.9. The van der Waals surface area contributed by atoms with Crippen molar-refractivity contribution >= 4 is 17.6 Å². The van der Waals surface area contributed by atoms with Crippen LogP contribution in [0.5, 0.6) is 0 Å². The van der Waals surface area contributed by atoms with Gasteiger partial charge in [0.15, 0.2) is 6.23 Å². The molecule has 0 radical (unpaired) electrons. The molecule has 3 heterocycles. The number of aliphatic hydroxyl groups is 3. The molecule has 0 saturated carbocycles. The molecule has 0 bridgehead atoms. The van der Waals surface area contributed by atoms with E-state index in [1.807, 2.05) is 0 Å². The average molecular weight is 422 g/mol. The number of carbonyl (C=O) groups is 2. The number of hydrogen-bond donors (Lipinski definition) is 4. The number of unbranched alkanes of at least 4 members (excludes halogenated alkanes) is 2. The van der Waals surface area contributed by atoms with Crippen molar-refractivity contribution in [3.8, 4) is 0 Å². The Morgan fingerprint density at radius 3 is 2.70 bits per heavy atom. The minimum Gasteiger partial charge on any atom is -0.394 e. The summed E-state index contributed by atoms with van der Waals surface area (Å²) in [7, 11) is 0. The Labute approximate surface area is 172 Å². The molecule has 11 heteroatoms. The predicted octanol–water partition coefficient (Wildman–Crippen LogP) is -0.900. The predicted molar refractivity (Wildman–Crippen MR) is 104 cm³/mol. The maximum atomic E-state index is 12.2. The summed E-state index contributed by atoms with van der Waals surface area (Å²) in [6, 6.07) is 1.44. The van der Waals surface area contributed by atoms with Crippen molar-refractivity contribution in [3.05, 3.63) is 34.9 Å². The minimum atomic E-state index is -0.935. The van der Waals surface area contributed by atoms with Crippen molar-refractivity contribution < 1.29 is 29.6 Å². The van der Waals surface area contributed by atoms with E-state index in [1.54, 1.807) is 0 Å². The summed E-state index contributed by atoms with van der Waals surface area (Å²) in [5, 5.41) is 31.3. The van der Waals surface area contributed by atoms with Crippen LogP contribution in [0.15, 0.2) is 29.2 Å². The van der Waals surface area contributed by atoms with Crippen LogP contribution in [0.25, 0.3) is 0 Å². The van der Waals surface area contributed by atoms with E-state index in [-0.39, 0.29) is 37.1 Å². The van der Waals surface area contributed by atoms with Gasteiger partial charge in [0.1, 0.15) is 18.1 Å². The molecular formula is C19H26N4O7. The van der Waals surface area contributed by atoms with Gasteiger partial charge in [-0.05, 0) is 25.0 Å². The lowest BCUT2D eigenvalue weighted by atomic mass is 10.2. The number of hydrogen-bond acceptors (Lipinski definition) is 8. The van der Waals surface area contributed by atoms with Crippen molar-refractivity contribution in [1.82, 2.24) is 14.5 Å². The first-order valence-corrected chi connectivity index (χ1v) is 9.89. The van der Waals surface area contributed by atoms with Crippen molar-refractivity contribution in [2.45, 2.75) is 56.8 Å². The Morgan fingerprint density at radius 2 is 2.07 bits per heavy atom. The van der Waals surface area contributed by atoms with Crippen LogP contribution in [0.2, 0.25) is 0 Å². The van der Waals surface area contributed by atoms with Gasteiger partial charge in [-0.3, -0.25) is 14.2 Å². The second-order valence-electron chi connectivity index (χ2n) is 7.30. The van der Waals surface area contributed by atoms with Crippen LogP contribution in [0, 0.1) is 0 Å². The summed E-state index contributed by atoms with van der Waals surface area (Å²) >= 11 is 0. The fourth-order valence-corrected chi connectivity index (χ4v) is 3.46. The number of aromatic nitrogens is 2. The lowest BCUT2D eigenvalue weighted by Crippen LogP contribution is -2.34. The van der Waals surface area contributed by atoms with Crippen LogP contribution in [0.3, 0.4) is 0 Å². The van der Waals surface area contributed by atoms with Gasteiger partial charge in [0.05, 0.1) is 12.7 Å². The van der Waals surface area contributed by atoms with E-state index in [0.717, 1.165) is 4.57 Å². The van der Waals surface area contributed by atoms with Crippen molar-refractivity contribution in [1.29, 1.82) is 0 Å². The molecule has 0 aliphatic carbocycles. The lowest BCUT2D eigenvalue weighted by molar-refractivity contribution is -0.130. The first-order chi connectivity index (χ1) is 14.4. The molecule has 2 aliphatic heterocycles. The van der Waals surface area contributed by atoms with Gasteiger partial charge in [0.25, 0.3) is 0 Å². The first kappa shape index (κ1) is 22.1. The van der Waals surface area contributed by atoms with Crippen LogP contribution in [0.1, 0.15) is 38.3 Å². The summed E-state index contributed by atoms with van der Waals surface area (Å²) < 4.78 is 6.55. The monoisotopic (exact) mass is 422 g/mol. The van der Waals surface area contributed by atoms with E-state index < -0.39 is 30.4 Å². The fraction of sp³-hybridized carbons (Fsp3) is 0.579. The molecule has 1 fully saturated rings. The number of ether oxygens (including phenoxy) is 1. The number of carbonyl (C=O) groups excluding carboxylic acids is 2. The van der Waals surface area contributed by atoms with Gasteiger partial charge >= 0.3 is 5.69 Å². The van der Waals surface area contributed by atoms with E-state index in [0.29, 0.717) is 25.8 Å². The summed E-state index contributed by atoms with van der Waals surface area (Å²) in [5.74, 6) is -0.413. The highest BCUT2D eigenvalue weighted by Crippen LogP contribution is 2.27. The highest BCUT2D eigenvalue weighted by Gasteiger charge is 2.35. The average Bonchev–Trinajstić information content (AvgIpc) is 3.24. The molecule has 4 atom stereocenters. The molecule has 0 aromatic carbocycles. The number of nitrogens with one attached hydrogen (secondary N) is 1. The molecule has 1 aromatic rings. The maximum absolute atomic E-state index is 12.2. The van der Waals surface area contributed by atoms with Gasteiger partial charge < -0.3 is 30.3 Å². The number of nitrogens with zero attached hydrogens (tertiary/aromatic N) is 3. The zero-order valence-corrected chi connectivity index (χ0v) is 16.4. The molecule has 4 unspecified atom stereocenters. The summed E-state index contributed by atoms with van der Waals surface area (Å²) in [5.41, 5.74) is -0.683. The molecule has 164 valence electrons. The van der Waals surface area contributed by atoms with Gasteiger partial charge in [0, 0.05) is 31.7 Å². The third kappa shape index (κ3) is 5.30. The normalized spacial score (nSPS) is 25.8. The largest absolute Gasteiger partial charge is 0.394 e. The van der Waals surface area contributed by atoms with Gasteiger partial charge in [-0.2, -0.15) is 4.98 Å². The Bertz CT molecular complexity index is 856. The highest BCUT2D eigenvalue weighted by atomic mass is 16.5. The molecule has 2 aliphatic rings. The summed E-state index contributed by atoms with van der Waals surface area (Å²) in [6.45, 7) is 0.163. The second kappa shape index (κ2) is 9.94. The molecule has 2 amide bonds. The van der Waals surface area contributed by atoms with Crippen molar-refractivity contribution in [3.63, 3.8) is 0 Å². The first-order valence-electron chi connectivity index (χ1n) is 9.89. The van der Waals surface area contributed by atoms with E-state index in [9.17, 15) is 24.6 Å². The molecule has 3 rings (SSSR count). The Hall–Kier alpha value is -2.60. The molecule has 0 spiro atoms. The highest BCUT2D eigenvalue weighted by molar-refractivity contribution is 5.90. The molecule has 1 saturated heterocycles. The van der Waals surface area contributed by atoms with Crippen LogP contribution in [-0.2, 0) is 14.3 Å². The number of aliphatic hydroxyl groups excluding tert-OH is 3. The third-order valence-electron chi connectivity index (χ3n) is 5.06. The van der Waals surface area contributed by atoms with Crippen molar-refractivity contribution in [2.75, 3.05) is 18.5 Å². The standard InChI is InChI=1S/C19H26N4O7/c24-11-12-10-13(25)18(30-12)23-9-7-14(21-19(23)29)20-15(26)4-2-1-3-8-22-16(27)5-6-17(22)28/h5-7,9,12-13,16,18,24-25,27H,1-4,8,10-11H2,(H,20,21,26,29). The SMILES string of the molecule is O=C(CCCCCN1C(=O)C=CC1O)Nc1ccn(C2OC(CO)CC2O)c(=O)n1.